The number of hydrogen-bond donors (Lipinski definition) is 1. The number of rotatable bonds is 4. The third kappa shape index (κ3) is 3.04. The van der Waals surface area contributed by atoms with Crippen molar-refractivity contribution in [3.8, 4) is 0 Å². The third-order valence-corrected chi connectivity index (χ3v) is 4.56. The molecular weight excluding hydrogens is 228 g/mol. The first-order chi connectivity index (χ1) is 8.76. The topological polar surface area (TPSA) is 55.6 Å². The molecule has 1 saturated heterocycles. The minimum atomic E-state index is -0.124. The number of piperidine rings is 1. The summed E-state index contributed by atoms with van der Waals surface area (Å²) >= 11 is 0. The summed E-state index contributed by atoms with van der Waals surface area (Å²) in [5.41, 5.74) is 5.60. The van der Waals surface area contributed by atoms with Gasteiger partial charge in [-0.1, -0.05) is 12.8 Å². The summed E-state index contributed by atoms with van der Waals surface area (Å²) < 4.78 is 5.22. The van der Waals surface area contributed by atoms with E-state index in [4.69, 9.17) is 10.5 Å². The molecule has 1 amide bonds. The van der Waals surface area contributed by atoms with Crippen LogP contribution in [0.4, 0.5) is 0 Å². The Hall–Kier alpha value is -0.610. The average molecular weight is 254 g/mol. The molecular formula is C14H26N2O2. The van der Waals surface area contributed by atoms with Crippen molar-refractivity contribution in [3.05, 3.63) is 0 Å². The second-order valence-electron chi connectivity index (χ2n) is 5.64. The zero-order valence-corrected chi connectivity index (χ0v) is 11.4. The van der Waals surface area contributed by atoms with Gasteiger partial charge >= 0.3 is 0 Å². The molecule has 0 radical (unpaired) electrons. The van der Waals surface area contributed by atoms with Gasteiger partial charge in [0.25, 0.3) is 0 Å². The van der Waals surface area contributed by atoms with E-state index >= 15 is 0 Å². The van der Waals surface area contributed by atoms with E-state index in [2.05, 4.69) is 4.90 Å². The van der Waals surface area contributed by atoms with Crippen molar-refractivity contribution in [2.45, 2.75) is 57.1 Å². The monoisotopic (exact) mass is 254 g/mol. The van der Waals surface area contributed by atoms with E-state index in [1.807, 2.05) is 0 Å². The van der Waals surface area contributed by atoms with Crippen molar-refractivity contribution in [2.24, 2.45) is 11.7 Å². The van der Waals surface area contributed by atoms with Gasteiger partial charge in [-0.15, -0.1) is 0 Å². The lowest BCUT2D eigenvalue weighted by atomic mass is 9.78. The Balaban J connectivity index is 1.95. The van der Waals surface area contributed by atoms with E-state index in [0.29, 0.717) is 19.0 Å². The van der Waals surface area contributed by atoms with Gasteiger partial charge in [-0.3, -0.25) is 4.79 Å². The Kier molecular flexibility index (Phi) is 5.01. The number of fused-ring (bicyclic) bond motifs is 1. The molecule has 2 aliphatic rings. The van der Waals surface area contributed by atoms with Crippen molar-refractivity contribution in [1.82, 2.24) is 4.90 Å². The summed E-state index contributed by atoms with van der Waals surface area (Å²) in [5, 5.41) is 0. The zero-order chi connectivity index (χ0) is 13.0. The number of amides is 1. The molecule has 1 saturated carbocycles. The number of methoxy groups -OCH3 is 1. The van der Waals surface area contributed by atoms with Crippen molar-refractivity contribution in [2.75, 3.05) is 20.2 Å². The van der Waals surface area contributed by atoms with Crippen molar-refractivity contribution in [3.63, 3.8) is 0 Å². The van der Waals surface area contributed by atoms with Crippen LogP contribution in [0.25, 0.3) is 0 Å². The van der Waals surface area contributed by atoms with E-state index in [0.717, 1.165) is 18.9 Å². The molecule has 104 valence electrons. The van der Waals surface area contributed by atoms with Crippen LogP contribution in [0.2, 0.25) is 0 Å². The summed E-state index contributed by atoms with van der Waals surface area (Å²) in [5.74, 6) is 0.985. The molecule has 1 heterocycles. The molecule has 0 bridgehead atoms. The minimum Gasteiger partial charge on any atom is -0.380 e. The van der Waals surface area contributed by atoms with Crippen LogP contribution >= 0.6 is 0 Å². The molecule has 3 atom stereocenters. The predicted octanol–water partition coefficient (Wildman–Crippen LogP) is 1.53. The van der Waals surface area contributed by atoms with Crippen molar-refractivity contribution < 1.29 is 9.53 Å². The van der Waals surface area contributed by atoms with Gasteiger partial charge in [0, 0.05) is 26.2 Å². The van der Waals surface area contributed by atoms with Gasteiger partial charge in [-0.25, -0.2) is 0 Å². The first-order valence-corrected chi connectivity index (χ1v) is 7.28. The van der Waals surface area contributed by atoms with Crippen LogP contribution in [0, 0.1) is 5.92 Å². The molecule has 1 aliphatic carbocycles. The van der Waals surface area contributed by atoms with Crippen LogP contribution in [0.1, 0.15) is 44.9 Å². The molecule has 2 N–H and O–H groups in total. The van der Waals surface area contributed by atoms with Crippen LogP contribution < -0.4 is 5.73 Å². The lowest BCUT2D eigenvalue weighted by Gasteiger charge is -2.44. The lowest BCUT2D eigenvalue weighted by Crippen LogP contribution is -2.50. The number of hydrogen-bond acceptors (Lipinski definition) is 3. The van der Waals surface area contributed by atoms with Gasteiger partial charge in [0.2, 0.25) is 5.91 Å². The zero-order valence-electron chi connectivity index (χ0n) is 11.4. The number of nitrogens with zero attached hydrogens (tertiary/aromatic N) is 1. The Morgan fingerprint density at radius 1 is 1.33 bits per heavy atom. The van der Waals surface area contributed by atoms with E-state index in [-0.39, 0.29) is 12.0 Å². The molecule has 3 unspecified atom stereocenters. The highest BCUT2D eigenvalue weighted by Crippen LogP contribution is 2.35. The first kappa shape index (κ1) is 13.8. The van der Waals surface area contributed by atoms with E-state index in [1.54, 1.807) is 7.11 Å². The molecule has 18 heavy (non-hydrogen) atoms. The summed E-state index contributed by atoms with van der Waals surface area (Å²) in [6, 6.07) is 0.496. The SMILES string of the molecule is COC(CN)CC(=O)N1CCCC2CCCCC21. The fourth-order valence-corrected chi connectivity index (χ4v) is 3.51. The van der Waals surface area contributed by atoms with Gasteiger partial charge in [0.15, 0.2) is 0 Å². The van der Waals surface area contributed by atoms with Crippen LogP contribution in [0.3, 0.4) is 0 Å². The molecule has 0 aromatic heterocycles. The maximum absolute atomic E-state index is 12.4. The minimum absolute atomic E-state index is 0.124. The summed E-state index contributed by atoms with van der Waals surface area (Å²) in [6.07, 6.45) is 7.89. The second kappa shape index (κ2) is 6.53. The van der Waals surface area contributed by atoms with Crippen LogP contribution in [-0.2, 0) is 9.53 Å². The number of carbonyl (C=O) groups excluding carboxylic acids is 1. The molecule has 4 nitrogen and oxygen atoms in total. The molecule has 1 aliphatic heterocycles. The van der Waals surface area contributed by atoms with E-state index < -0.39 is 0 Å². The number of likely N-dealkylation sites (tertiary alicyclic amines) is 1. The number of nitrogens with two attached hydrogens (primary N) is 1. The van der Waals surface area contributed by atoms with Gasteiger partial charge in [0.05, 0.1) is 12.5 Å². The largest absolute Gasteiger partial charge is 0.380 e. The molecule has 0 spiro atoms. The standard InChI is InChI=1S/C14H26N2O2/c1-18-12(10-15)9-14(17)16-8-4-6-11-5-2-3-7-13(11)16/h11-13H,2-10,15H2,1H3. The van der Waals surface area contributed by atoms with Crippen molar-refractivity contribution >= 4 is 5.91 Å². The van der Waals surface area contributed by atoms with Gasteiger partial charge < -0.3 is 15.4 Å². The molecule has 4 heteroatoms. The predicted molar refractivity (Wildman–Crippen MR) is 71.2 cm³/mol. The highest BCUT2D eigenvalue weighted by Gasteiger charge is 2.35. The fourth-order valence-electron chi connectivity index (χ4n) is 3.51. The van der Waals surface area contributed by atoms with Gasteiger partial charge in [-0.2, -0.15) is 0 Å². The maximum Gasteiger partial charge on any atom is 0.225 e. The Bertz CT molecular complexity index is 277. The average Bonchev–Trinajstić information content (AvgIpc) is 2.43. The summed E-state index contributed by atoms with van der Waals surface area (Å²) in [7, 11) is 1.63. The smallest absolute Gasteiger partial charge is 0.225 e. The Morgan fingerprint density at radius 3 is 2.78 bits per heavy atom. The van der Waals surface area contributed by atoms with Crippen LogP contribution in [0.15, 0.2) is 0 Å². The first-order valence-electron chi connectivity index (χ1n) is 7.28. The summed E-state index contributed by atoms with van der Waals surface area (Å²) in [6.45, 7) is 1.35. The van der Waals surface area contributed by atoms with Crippen LogP contribution in [0.5, 0.6) is 0 Å². The van der Waals surface area contributed by atoms with E-state index in [9.17, 15) is 4.79 Å². The summed E-state index contributed by atoms with van der Waals surface area (Å²) in [4.78, 5) is 14.5. The van der Waals surface area contributed by atoms with Gasteiger partial charge in [0.1, 0.15) is 0 Å². The second-order valence-corrected chi connectivity index (χ2v) is 5.64. The molecule has 0 aromatic carbocycles. The highest BCUT2D eigenvalue weighted by molar-refractivity contribution is 5.77. The van der Waals surface area contributed by atoms with Crippen molar-refractivity contribution in [1.29, 1.82) is 0 Å². The molecule has 0 aromatic rings. The quantitative estimate of drug-likeness (QED) is 0.828. The fraction of sp³-hybridized carbons (Fsp3) is 0.929. The number of carbonyl (C=O) groups is 1. The Morgan fingerprint density at radius 2 is 2.06 bits per heavy atom. The Labute approximate surface area is 110 Å². The third-order valence-electron chi connectivity index (χ3n) is 4.56. The van der Waals surface area contributed by atoms with Crippen LogP contribution in [-0.4, -0.2) is 43.2 Å². The van der Waals surface area contributed by atoms with E-state index in [1.165, 1.54) is 32.1 Å². The number of ether oxygens (including phenoxy) is 1. The highest BCUT2D eigenvalue weighted by atomic mass is 16.5. The lowest BCUT2D eigenvalue weighted by molar-refractivity contribution is -0.140. The maximum atomic E-state index is 12.4. The molecule has 2 rings (SSSR count). The van der Waals surface area contributed by atoms with Gasteiger partial charge in [-0.05, 0) is 31.6 Å². The molecule has 2 fully saturated rings. The normalized spacial score (nSPS) is 29.8.